The van der Waals surface area contributed by atoms with E-state index in [1.54, 1.807) is 4.90 Å². The normalized spacial score (nSPS) is 18.2. The first-order valence-electron chi connectivity index (χ1n) is 11.3. The molecule has 1 atom stereocenters. The largest absolute Gasteiger partial charge is 0.494 e. The average Bonchev–Trinajstić information content (AvgIpc) is 3.13. The second-order valence-electron chi connectivity index (χ2n) is 8.95. The molecule has 6 heteroatoms. The molecule has 2 aromatic carbocycles. The molecule has 3 aromatic rings. The van der Waals surface area contributed by atoms with Crippen LogP contribution in [0.5, 0.6) is 5.75 Å². The van der Waals surface area contributed by atoms with Crippen LogP contribution in [-0.4, -0.2) is 35.1 Å². The minimum Gasteiger partial charge on any atom is -0.494 e. The van der Waals surface area contributed by atoms with Gasteiger partial charge in [0.15, 0.2) is 0 Å². The smallest absolute Gasteiger partial charge is 0.275 e. The van der Waals surface area contributed by atoms with Crippen LogP contribution in [0, 0.1) is 5.92 Å². The van der Waals surface area contributed by atoms with Crippen LogP contribution >= 0.6 is 0 Å². The Kier molecular flexibility index (Phi) is 5.96. The molecule has 2 heterocycles. The molecule has 1 aromatic heterocycles. The number of anilines is 1. The van der Waals surface area contributed by atoms with Gasteiger partial charge in [-0.25, -0.2) is 0 Å². The van der Waals surface area contributed by atoms with E-state index in [1.807, 2.05) is 73.0 Å². The van der Waals surface area contributed by atoms with Crippen LogP contribution in [0.25, 0.3) is 10.9 Å². The Labute approximate surface area is 189 Å². The molecule has 1 unspecified atom stereocenters. The lowest BCUT2D eigenvalue weighted by atomic mass is 9.93. The number of nitrogens with zero attached hydrogens (tertiary/aromatic N) is 2. The summed E-state index contributed by atoms with van der Waals surface area (Å²) in [4.78, 5) is 29.0. The molecular formula is C26H31N3O3. The Morgan fingerprint density at radius 1 is 1.16 bits per heavy atom. The Balaban J connectivity index is 1.78. The topological polar surface area (TPSA) is 63.6 Å². The van der Waals surface area contributed by atoms with E-state index in [1.165, 1.54) is 0 Å². The summed E-state index contributed by atoms with van der Waals surface area (Å²) in [6.45, 7) is 9.56. The van der Waals surface area contributed by atoms with Gasteiger partial charge in [-0.2, -0.15) is 0 Å². The van der Waals surface area contributed by atoms with Crippen LogP contribution in [0.2, 0.25) is 0 Å². The van der Waals surface area contributed by atoms with Crippen LogP contribution in [0.3, 0.4) is 0 Å². The molecule has 1 aliphatic heterocycles. The standard InChI is InChI=1S/C26H31N3O3/c1-5-32-21-12-10-20(11-13-21)29-24(30)23-16-19-8-6-7-9-22(19)28(23)17-26(29,4)25(31)27-15-14-18(2)3/h6-13,16,18H,5,14-15,17H2,1-4H3,(H,27,31). The predicted octanol–water partition coefficient (Wildman–Crippen LogP) is 4.62. The maximum Gasteiger partial charge on any atom is 0.275 e. The van der Waals surface area contributed by atoms with E-state index < -0.39 is 5.54 Å². The molecule has 32 heavy (non-hydrogen) atoms. The van der Waals surface area contributed by atoms with Crippen molar-refractivity contribution in [2.75, 3.05) is 18.1 Å². The number of aromatic nitrogens is 1. The second-order valence-corrected chi connectivity index (χ2v) is 8.95. The minimum absolute atomic E-state index is 0.149. The molecule has 0 bridgehead atoms. The van der Waals surface area contributed by atoms with Crippen molar-refractivity contribution < 1.29 is 14.3 Å². The van der Waals surface area contributed by atoms with Gasteiger partial charge in [-0.15, -0.1) is 0 Å². The van der Waals surface area contributed by atoms with E-state index in [0.29, 0.717) is 37.0 Å². The minimum atomic E-state index is -1.07. The van der Waals surface area contributed by atoms with Crippen molar-refractivity contribution in [3.05, 3.63) is 60.3 Å². The van der Waals surface area contributed by atoms with Crippen LogP contribution < -0.4 is 15.0 Å². The highest BCUT2D eigenvalue weighted by Gasteiger charge is 2.48. The lowest BCUT2D eigenvalue weighted by Crippen LogP contribution is -2.64. The summed E-state index contributed by atoms with van der Waals surface area (Å²) in [5.74, 6) is 0.887. The van der Waals surface area contributed by atoms with Crippen LogP contribution in [-0.2, 0) is 11.3 Å². The molecule has 0 aliphatic carbocycles. The van der Waals surface area contributed by atoms with Gasteiger partial charge >= 0.3 is 0 Å². The van der Waals surface area contributed by atoms with E-state index in [4.69, 9.17) is 4.74 Å². The SMILES string of the molecule is CCOc1ccc(N2C(=O)c3cc4ccccc4n3CC2(C)C(=O)NCCC(C)C)cc1. The van der Waals surface area contributed by atoms with E-state index in [2.05, 4.69) is 19.2 Å². The number of rotatable bonds is 7. The number of amides is 2. The Hall–Kier alpha value is -3.28. The summed E-state index contributed by atoms with van der Waals surface area (Å²) in [7, 11) is 0. The van der Waals surface area contributed by atoms with Gasteiger partial charge in [0.1, 0.15) is 17.0 Å². The van der Waals surface area contributed by atoms with E-state index >= 15 is 0 Å². The van der Waals surface area contributed by atoms with E-state index in [9.17, 15) is 9.59 Å². The molecule has 0 saturated carbocycles. The van der Waals surface area contributed by atoms with Gasteiger partial charge in [-0.1, -0.05) is 32.0 Å². The molecule has 0 fully saturated rings. The number of hydrogen-bond donors (Lipinski definition) is 1. The zero-order valence-corrected chi connectivity index (χ0v) is 19.2. The molecule has 0 saturated heterocycles. The third kappa shape index (κ3) is 3.85. The molecule has 0 spiro atoms. The number of hydrogen-bond acceptors (Lipinski definition) is 3. The first-order chi connectivity index (χ1) is 15.3. The average molecular weight is 434 g/mol. The quantitative estimate of drug-likeness (QED) is 0.591. The summed E-state index contributed by atoms with van der Waals surface area (Å²) in [5, 5.41) is 4.07. The fourth-order valence-corrected chi connectivity index (χ4v) is 4.37. The van der Waals surface area contributed by atoms with Gasteiger partial charge in [0.05, 0.1) is 13.2 Å². The second kappa shape index (κ2) is 8.69. The number of carbonyl (C=O) groups is 2. The Morgan fingerprint density at radius 3 is 2.56 bits per heavy atom. The molecule has 4 rings (SSSR count). The Morgan fingerprint density at radius 2 is 1.88 bits per heavy atom. The van der Waals surface area contributed by atoms with E-state index in [-0.39, 0.29) is 11.8 Å². The predicted molar refractivity (Wildman–Crippen MR) is 127 cm³/mol. The summed E-state index contributed by atoms with van der Waals surface area (Å²) in [5.41, 5.74) is 1.16. The van der Waals surface area contributed by atoms with Crippen molar-refractivity contribution in [1.82, 2.24) is 9.88 Å². The molecule has 168 valence electrons. The summed E-state index contributed by atoms with van der Waals surface area (Å²) in [6, 6.07) is 17.2. The van der Waals surface area contributed by atoms with Crippen LogP contribution in [0.15, 0.2) is 54.6 Å². The fourth-order valence-electron chi connectivity index (χ4n) is 4.37. The van der Waals surface area contributed by atoms with Gasteiger partial charge in [0.2, 0.25) is 5.91 Å². The zero-order valence-electron chi connectivity index (χ0n) is 19.2. The van der Waals surface area contributed by atoms with Gasteiger partial charge < -0.3 is 14.6 Å². The number of carbonyl (C=O) groups excluding carboxylic acids is 2. The zero-order chi connectivity index (χ0) is 22.9. The first-order valence-corrected chi connectivity index (χ1v) is 11.3. The molecule has 6 nitrogen and oxygen atoms in total. The maximum atomic E-state index is 13.8. The monoisotopic (exact) mass is 433 g/mol. The summed E-state index contributed by atoms with van der Waals surface area (Å²) >= 11 is 0. The third-order valence-corrected chi connectivity index (χ3v) is 6.09. The van der Waals surface area contributed by atoms with Crippen LogP contribution in [0.1, 0.15) is 44.6 Å². The van der Waals surface area contributed by atoms with Crippen molar-refractivity contribution in [3.63, 3.8) is 0 Å². The summed E-state index contributed by atoms with van der Waals surface area (Å²) < 4.78 is 7.54. The number of ether oxygens (including phenoxy) is 1. The number of para-hydroxylation sites is 1. The maximum absolute atomic E-state index is 13.8. The highest BCUT2D eigenvalue weighted by Crippen LogP contribution is 2.36. The van der Waals surface area contributed by atoms with Gasteiger partial charge in [-0.3, -0.25) is 14.5 Å². The number of benzene rings is 2. The molecule has 2 amide bonds. The van der Waals surface area contributed by atoms with Crippen molar-refractivity contribution in [2.24, 2.45) is 5.92 Å². The highest BCUT2D eigenvalue weighted by atomic mass is 16.5. The Bertz CT molecular complexity index is 1130. The fraction of sp³-hybridized carbons (Fsp3) is 0.385. The molecule has 1 aliphatic rings. The summed E-state index contributed by atoms with van der Waals surface area (Å²) in [6.07, 6.45) is 0.885. The third-order valence-electron chi connectivity index (χ3n) is 6.09. The lowest BCUT2D eigenvalue weighted by Gasteiger charge is -2.44. The molecule has 0 radical (unpaired) electrons. The van der Waals surface area contributed by atoms with Gasteiger partial charge in [-0.05, 0) is 62.6 Å². The van der Waals surface area contributed by atoms with Gasteiger partial charge in [0.25, 0.3) is 5.91 Å². The highest BCUT2D eigenvalue weighted by molar-refractivity contribution is 6.14. The van der Waals surface area contributed by atoms with E-state index in [0.717, 1.165) is 23.1 Å². The lowest BCUT2D eigenvalue weighted by molar-refractivity contribution is -0.126. The number of fused-ring (bicyclic) bond motifs is 3. The number of nitrogens with one attached hydrogen (secondary N) is 1. The van der Waals surface area contributed by atoms with Crippen molar-refractivity contribution in [2.45, 2.75) is 46.2 Å². The first kappa shape index (κ1) is 21.9. The van der Waals surface area contributed by atoms with Crippen molar-refractivity contribution in [1.29, 1.82) is 0 Å². The van der Waals surface area contributed by atoms with Crippen LogP contribution in [0.4, 0.5) is 5.69 Å². The van der Waals surface area contributed by atoms with Crippen molar-refractivity contribution in [3.8, 4) is 5.75 Å². The van der Waals surface area contributed by atoms with Crippen molar-refractivity contribution >= 4 is 28.4 Å². The molecule has 1 N–H and O–H groups in total. The van der Waals surface area contributed by atoms with Gasteiger partial charge in [0, 0.05) is 23.1 Å². The molecular weight excluding hydrogens is 402 g/mol.